The first kappa shape index (κ1) is 86.9. The zero-order valence-corrected chi connectivity index (χ0v) is 58.8. The third-order valence-electron chi connectivity index (χ3n) is 18.1. The van der Waals surface area contributed by atoms with Crippen LogP contribution in [0.4, 0.5) is 0 Å². The molecule has 0 aromatic rings. The van der Waals surface area contributed by atoms with Gasteiger partial charge in [0.2, 0.25) is 5.91 Å². The Morgan fingerprint density at radius 3 is 1.17 bits per heavy atom. The number of unbranched alkanes of at least 4 members (excludes halogenated alkanes) is 27. The SMILES string of the molecule is CC/C=C\C/C=C\C/C=C\C/C=C\C/C=C\C/C=C\CCCCCCCCCCCCCCCCCCCCCCC(=O)NC(COC1OC(CO)C(OC2OC(CO)C(OC3OC(CO)C(O)C(O)C3O)C(O)C2O)C(O)C1O)C(O)/C=C/CC/C=C/CCCCCCCC. The van der Waals surface area contributed by atoms with Crippen molar-refractivity contribution >= 4 is 5.91 Å². The van der Waals surface area contributed by atoms with Gasteiger partial charge < -0.3 is 89.9 Å². The van der Waals surface area contributed by atoms with Gasteiger partial charge in [0.25, 0.3) is 0 Å². The average Bonchev–Trinajstić information content (AvgIpc) is 0.787. The molecule has 3 aliphatic heterocycles. The number of hydrogen-bond donors (Lipinski definition) is 12. The molecule has 0 aromatic heterocycles. The molecule has 96 heavy (non-hydrogen) atoms. The van der Waals surface area contributed by atoms with Crippen molar-refractivity contribution in [3.05, 3.63) is 97.2 Å². The molecular formula is C77H133NO18. The van der Waals surface area contributed by atoms with E-state index in [2.05, 4.69) is 104 Å². The van der Waals surface area contributed by atoms with Crippen molar-refractivity contribution in [2.45, 2.75) is 356 Å². The van der Waals surface area contributed by atoms with Crippen LogP contribution in [0, 0.1) is 0 Å². The number of allylic oxidation sites excluding steroid dienone is 15. The lowest BCUT2D eigenvalue weighted by molar-refractivity contribution is -0.379. The maximum Gasteiger partial charge on any atom is 0.220 e. The number of nitrogens with one attached hydrogen (secondary N) is 1. The fraction of sp³-hybridized carbons (Fsp3) is 0.779. The summed E-state index contributed by atoms with van der Waals surface area (Å²) in [5.74, 6) is -0.287. The van der Waals surface area contributed by atoms with Crippen molar-refractivity contribution in [3.8, 4) is 0 Å². The fourth-order valence-corrected chi connectivity index (χ4v) is 12.1. The van der Waals surface area contributed by atoms with E-state index < -0.39 is 124 Å². The summed E-state index contributed by atoms with van der Waals surface area (Å²) in [5.41, 5.74) is 0. The van der Waals surface area contributed by atoms with Crippen LogP contribution in [-0.2, 0) is 33.2 Å². The lowest BCUT2D eigenvalue weighted by Crippen LogP contribution is -2.66. The smallest absolute Gasteiger partial charge is 0.220 e. The Balaban J connectivity index is 1.30. The first-order valence-corrected chi connectivity index (χ1v) is 37.5. The summed E-state index contributed by atoms with van der Waals surface area (Å²) >= 11 is 0. The number of aliphatic hydroxyl groups is 11. The maximum atomic E-state index is 13.4. The molecule has 17 unspecified atom stereocenters. The zero-order valence-electron chi connectivity index (χ0n) is 58.8. The highest BCUT2D eigenvalue weighted by Gasteiger charge is 2.53. The van der Waals surface area contributed by atoms with Crippen LogP contribution < -0.4 is 5.32 Å². The summed E-state index contributed by atoms with van der Waals surface area (Å²) in [6.45, 7) is 1.57. The Bertz CT molecular complexity index is 2110. The van der Waals surface area contributed by atoms with Crippen LogP contribution in [0.5, 0.6) is 0 Å². The van der Waals surface area contributed by atoms with E-state index >= 15 is 0 Å². The molecule has 3 fully saturated rings. The number of carbonyl (C=O) groups is 1. The van der Waals surface area contributed by atoms with Crippen LogP contribution >= 0.6 is 0 Å². The molecule has 12 N–H and O–H groups in total. The number of rotatable bonds is 57. The van der Waals surface area contributed by atoms with E-state index in [1.165, 1.54) is 141 Å². The van der Waals surface area contributed by atoms with Gasteiger partial charge in [0.1, 0.15) is 73.2 Å². The van der Waals surface area contributed by atoms with Gasteiger partial charge >= 0.3 is 0 Å². The monoisotopic (exact) mass is 1360 g/mol. The summed E-state index contributed by atoms with van der Waals surface area (Å²) in [7, 11) is 0. The molecule has 0 aliphatic carbocycles. The first-order valence-electron chi connectivity index (χ1n) is 37.5. The van der Waals surface area contributed by atoms with E-state index in [4.69, 9.17) is 28.4 Å². The summed E-state index contributed by atoms with van der Waals surface area (Å²) in [4.78, 5) is 13.4. The molecule has 554 valence electrons. The Kier molecular flexibility index (Phi) is 51.9. The molecule has 19 nitrogen and oxygen atoms in total. The van der Waals surface area contributed by atoms with Gasteiger partial charge in [0, 0.05) is 6.42 Å². The van der Waals surface area contributed by atoms with Crippen molar-refractivity contribution < 1.29 is 89.4 Å². The predicted molar refractivity (Wildman–Crippen MR) is 378 cm³/mol. The Morgan fingerprint density at radius 1 is 0.385 bits per heavy atom. The van der Waals surface area contributed by atoms with Crippen LogP contribution in [0.2, 0.25) is 0 Å². The van der Waals surface area contributed by atoms with E-state index in [0.29, 0.717) is 12.8 Å². The normalized spacial score (nSPS) is 27.6. The zero-order chi connectivity index (χ0) is 69.6. The van der Waals surface area contributed by atoms with E-state index in [0.717, 1.165) is 77.0 Å². The predicted octanol–water partition coefficient (Wildman–Crippen LogP) is 11.2. The molecule has 1 amide bonds. The van der Waals surface area contributed by atoms with Crippen molar-refractivity contribution in [1.82, 2.24) is 5.32 Å². The molecule has 0 spiro atoms. The molecule has 3 heterocycles. The van der Waals surface area contributed by atoms with Gasteiger partial charge in [0.15, 0.2) is 18.9 Å². The van der Waals surface area contributed by atoms with E-state index in [9.17, 15) is 61.0 Å². The first-order chi connectivity index (χ1) is 46.8. The second-order valence-electron chi connectivity index (χ2n) is 26.4. The van der Waals surface area contributed by atoms with Gasteiger partial charge in [-0.3, -0.25) is 4.79 Å². The largest absolute Gasteiger partial charge is 0.394 e. The molecule has 0 bridgehead atoms. The minimum Gasteiger partial charge on any atom is -0.394 e. The van der Waals surface area contributed by atoms with Crippen LogP contribution in [-0.4, -0.2) is 193 Å². The Labute approximate surface area is 577 Å². The molecule has 3 aliphatic rings. The lowest BCUT2D eigenvalue weighted by Gasteiger charge is -2.48. The van der Waals surface area contributed by atoms with Crippen LogP contribution in [0.3, 0.4) is 0 Å². The van der Waals surface area contributed by atoms with Gasteiger partial charge in [-0.15, -0.1) is 0 Å². The third kappa shape index (κ3) is 37.9. The minimum atomic E-state index is -1.98. The van der Waals surface area contributed by atoms with E-state index in [1.54, 1.807) is 6.08 Å². The number of carbonyl (C=O) groups excluding carboxylic acids is 1. The van der Waals surface area contributed by atoms with Crippen LogP contribution in [0.15, 0.2) is 97.2 Å². The number of amides is 1. The lowest BCUT2D eigenvalue weighted by atomic mass is 9.96. The van der Waals surface area contributed by atoms with Crippen molar-refractivity contribution in [3.63, 3.8) is 0 Å². The number of hydrogen-bond acceptors (Lipinski definition) is 18. The van der Waals surface area contributed by atoms with Crippen molar-refractivity contribution in [2.75, 3.05) is 26.4 Å². The minimum absolute atomic E-state index is 0.234. The molecule has 19 heteroatoms. The molecule has 0 radical (unpaired) electrons. The van der Waals surface area contributed by atoms with Gasteiger partial charge in [-0.05, 0) is 83.5 Å². The maximum absolute atomic E-state index is 13.4. The molecule has 3 saturated heterocycles. The van der Waals surface area contributed by atoms with Gasteiger partial charge in [0.05, 0.1) is 38.6 Å². The highest BCUT2D eigenvalue weighted by atomic mass is 16.8. The third-order valence-corrected chi connectivity index (χ3v) is 18.1. The summed E-state index contributed by atoms with van der Waals surface area (Å²) in [6, 6.07) is -0.992. The van der Waals surface area contributed by atoms with Gasteiger partial charge in [-0.2, -0.15) is 0 Å². The Morgan fingerprint density at radius 2 is 0.729 bits per heavy atom. The number of aliphatic hydroxyl groups excluding tert-OH is 11. The quantitative estimate of drug-likeness (QED) is 0.0199. The van der Waals surface area contributed by atoms with E-state index in [1.807, 2.05) is 6.08 Å². The second kappa shape index (κ2) is 57.3. The molecule has 3 rings (SSSR count). The summed E-state index contributed by atoms with van der Waals surface area (Å²) in [6.07, 6.45) is 50.0. The topological polar surface area (TPSA) is 307 Å². The standard InChI is InChI=1S/C77H133NO18/c1-3-5-7-9-11-13-15-17-18-19-20-21-22-23-24-25-26-27-28-29-30-31-32-33-34-35-36-37-38-39-40-41-42-43-45-47-49-51-53-55-65(83)78-60(61(82)54-52-50-48-46-44-16-14-12-10-8-6-4-2)59-91-75-71(89)68(86)73(63(57-80)93-75)96-77-72(90)69(87)74(64(58-81)94-77)95-76-70(88)67(85)66(84)62(56-79)92-76/h5,7,11,13,17-18,20-21,23-24,26-27,44,46,52,54,60-64,66-77,79-82,84-90H,3-4,6,8-10,12,14-16,19,22,25,28-43,45,47-51,53,55-59H2,1-2H3,(H,78,83)/b7-5-,13-11-,18-17-,21-20-,24-23-,27-26-,46-44+,54-52+. The van der Waals surface area contributed by atoms with Gasteiger partial charge in [-0.1, -0.05) is 259 Å². The number of ether oxygens (including phenoxy) is 6. The Hall–Kier alpha value is -3.29. The van der Waals surface area contributed by atoms with Crippen LogP contribution in [0.25, 0.3) is 0 Å². The second-order valence-corrected chi connectivity index (χ2v) is 26.4. The molecule has 0 aromatic carbocycles. The average molecular weight is 1360 g/mol. The highest BCUT2D eigenvalue weighted by molar-refractivity contribution is 5.76. The summed E-state index contributed by atoms with van der Waals surface area (Å²) in [5, 5.41) is 120. The van der Waals surface area contributed by atoms with Crippen LogP contribution in [0.1, 0.15) is 251 Å². The fourth-order valence-electron chi connectivity index (χ4n) is 12.1. The highest BCUT2D eigenvalue weighted by Crippen LogP contribution is 2.33. The molecule has 0 saturated carbocycles. The van der Waals surface area contributed by atoms with Crippen molar-refractivity contribution in [2.24, 2.45) is 0 Å². The molecular weight excluding hydrogens is 1230 g/mol. The summed E-state index contributed by atoms with van der Waals surface area (Å²) < 4.78 is 34.3. The molecule has 17 atom stereocenters. The van der Waals surface area contributed by atoms with E-state index in [-0.39, 0.29) is 18.9 Å². The van der Waals surface area contributed by atoms with Crippen molar-refractivity contribution in [1.29, 1.82) is 0 Å². The van der Waals surface area contributed by atoms with Gasteiger partial charge in [-0.25, -0.2) is 0 Å².